The zero-order chi connectivity index (χ0) is 70.1. The Morgan fingerprint density at radius 2 is 0.537 bits per heavy atom. The van der Waals surface area contributed by atoms with Crippen LogP contribution in [0, 0.1) is 17.8 Å². The van der Waals surface area contributed by atoms with Gasteiger partial charge in [-0.1, -0.05) is 337 Å². The summed E-state index contributed by atoms with van der Waals surface area (Å²) in [6.45, 7) is 11.9. The Labute approximate surface area is 581 Å². The van der Waals surface area contributed by atoms with Crippen molar-refractivity contribution in [2.75, 3.05) is 39.6 Å². The summed E-state index contributed by atoms with van der Waals surface area (Å²) in [6, 6.07) is 0. The number of unbranched alkanes of at least 4 members (excludes halogenated alkanes) is 41. The second kappa shape index (κ2) is 66.6. The van der Waals surface area contributed by atoms with Crippen molar-refractivity contribution in [3.63, 3.8) is 0 Å². The van der Waals surface area contributed by atoms with E-state index in [-0.39, 0.29) is 25.7 Å². The molecule has 19 heteroatoms. The first-order valence-corrected chi connectivity index (χ1v) is 42.4. The lowest BCUT2D eigenvalue weighted by Crippen LogP contribution is -2.30. The van der Waals surface area contributed by atoms with E-state index in [2.05, 4.69) is 48.5 Å². The number of carbonyl (C=O) groups is 4. The average molecular weight is 1400 g/mol. The molecule has 0 radical (unpaired) electrons. The minimum Gasteiger partial charge on any atom is -0.462 e. The summed E-state index contributed by atoms with van der Waals surface area (Å²) in [4.78, 5) is 72.8. The third kappa shape index (κ3) is 69.0. The van der Waals surface area contributed by atoms with Gasteiger partial charge in [0, 0.05) is 25.7 Å². The highest BCUT2D eigenvalue weighted by Gasteiger charge is 2.30. The number of hydrogen-bond donors (Lipinski definition) is 3. The van der Waals surface area contributed by atoms with Crippen LogP contribution in [0.3, 0.4) is 0 Å². The maximum Gasteiger partial charge on any atom is 0.472 e. The van der Waals surface area contributed by atoms with Crippen molar-refractivity contribution in [3.8, 4) is 0 Å². The summed E-state index contributed by atoms with van der Waals surface area (Å²) in [5.74, 6) is 0.231. The fourth-order valence-electron chi connectivity index (χ4n) is 11.6. The van der Waals surface area contributed by atoms with Gasteiger partial charge in [-0.2, -0.15) is 0 Å². The van der Waals surface area contributed by atoms with Gasteiger partial charge in [0.1, 0.15) is 19.3 Å². The fraction of sp³-hybridized carbons (Fsp3) is 0.947. The summed E-state index contributed by atoms with van der Waals surface area (Å²) in [7, 11) is -9.91. The Morgan fingerprint density at radius 3 is 0.800 bits per heavy atom. The van der Waals surface area contributed by atoms with Crippen LogP contribution in [0.2, 0.25) is 0 Å². The molecule has 3 N–H and O–H groups in total. The molecule has 0 amide bonds. The number of ether oxygens (including phenoxy) is 4. The molecular formula is C76H148O17P2. The standard InChI is InChI=1S/C76H148O17P2/c1-8-10-11-12-13-14-20-29-36-43-50-57-73(78)86-64-72(93-76(81)60-53-46-39-32-25-27-34-41-48-55-68(5)6)66-91-95(84,85)89-62-70(77)61-88-94(82,83)90-65-71(63-87-74(79)58-51-44-37-30-24-23-28-35-42-49-56-69(7)9-2)92-75(80)59-52-45-38-31-22-19-17-15-16-18-21-26-33-40-47-54-67(3)4/h67-72,77H,8-66H2,1-7H3,(H,82,83)(H,84,85)/t69?,70-,71-,72-/m1/s1. The van der Waals surface area contributed by atoms with E-state index in [0.29, 0.717) is 25.7 Å². The number of phosphoric acid groups is 2. The van der Waals surface area contributed by atoms with E-state index in [1.165, 1.54) is 199 Å². The highest BCUT2D eigenvalue weighted by atomic mass is 31.2. The Kier molecular flexibility index (Phi) is 65.2. The van der Waals surface area contributed by atoms with E-state index in [9.17, 15) is 43.2 Å². The van der Waals surface area contributed by atoms with E-state index < -0.39 is 97.5 Å². The molecule has 0 rings (SSSR count). The predicted molar refractivity (Wildman–Crippen MR) is 386 cm³/mol. The van der Waals surface area contributed by atoms with Gasteiger partial charge < -0.3 is 33.8 Å². The molecule has 17 nitrogen and oxygen atoms in total. The number of phosphoric ester groups is 2. The van der Waals surface area contributed by atoms with Crippen LogP contribution in [-0.4, -0.2) is 96.7 Å². The van der Waals surface area contributed by atoms with E-state index in [0.717, 1.165) is 108 Å². The molecule has 0 aromatic carbocycles. The molecular weight excluding hydrogens is 1250 g/mol. The normalized spacial score (nSPS) is 14.4. The SMILES string of the molecule is CCCCCCCCCCCCCC(=O)OC[C@H](COP(=O)(O)OC[C@H](O)COP(=O)(O)OC[C@@H](COC(=O)CCCCCCCCCCCCC(C)CC)OC(=O)CCCCCCCCCCCCCCCCCC(C)C)OC(=O)CCCCCCCCCCCC(C)C. The van der Waals surface area contributed by atoms with Crippen LogP contribution in [0.4, 0.5) is 0 Å². The Bertz CT molecular complexity index is 1850. The predicted octanol–water partition coefficient (Wildman–Crippen LogP) is 22.2. The van der Waals surface area contributed by atoms with Crippen LogP contribution in [-0.2, 0) is 65.4 Å². The van der Waals surface area contributed by atoms with E-state index >= 15 is 0 Å². The average Bonchev–Trinajstić information content (AvgIpc) is 1.57. The van der Waals surface area contributed by atoms with Crippen LogP contribution in [0.25, 0.3) is 0 Å². The van der Waals surface area contributed by atoms with Crippen molar-refractivity contribution < 1.29 is 80.2 Å². The molecule has 0 aromatic heterocycles. The number of rotatable bonds is 74. The lowest BCUT2D eigenvalue weighted by Gasteiger charge is -2.21. The summed E-state index contributed by atoms with van der Waals surface area (Å²) in [5, 5.41) is 10.6. The molecule has 95 heavy (non-hydrogen) atoms. The lowest BCUT2D eigenvalue weighted by atomic mass is 9.99. The van der Waals surface area contributed by atoms with Crippen molar-refractivity contribution in [1.29, 1.82) is 0 Å². The lowest BCUT2D eigenvalue weighted by molar-refractivity contribution is -0.161. The molecule has 0 aliphatic rings. The van der Waals surface area contributed by atoms with Gasteiger partial charge in [0.2, 0.25) is 0 Å². The molecule has 6 atom stereocenters. The number of aliphatic hydroxyl groups excluding tert-OH is 1. The van der Waals surface area contributed by atoms with Gasteiger partial charge in [-0.25, -0.2) is 9.13 Å². The highest BCUT2D eigenvalue weighted by molar-refractivity contribution is 7.47. The van der Waals surface area contributed by atoms with E-state index in [1.807, 2.05) is 0 Å². The number of aliphatic hydroxyl groups is 1. The third-order valence-corrected chi connectivity index (χ3v) is 19.9. The van der Waals surface area contributed by atoms with Crippen LogP contribution in [0.1, 0.15) is 389 Å². The minimum atomic E-state index is -4.96. The molecule has 0 saturated carbocycles. The zero-order valence-electron chi connectivity index (χ0n) is 62.1. The van der Waals surface area contributed by atoms with Crippen molar-refractivity contribution in [2.45, 2.75) is 407 Å². The number of carbonyl (C=O) groups excluding carboxylic acids is 4. The zero-order valence-corrected chi connectivity index (χ0v) is 63.9. The Morgan fingerprint density at radius 1 is 0.305 bits per heavy atom. The van der Waals surface area contributed by atoms with Gasteiger partial charge in [0.15, 0.2) is 12.2 Å². The summed E-state index contributed by atoms with van der Waals surface area (Å²) in [6.07, 6.45) is 52.6. The maximum absolute atomic E-state index is 13.1. The molecule has 0 aliphatic carbocycles. The van der Waals surface area contributed by atoms with Gasteiger partial charge in [0.05, 0.1) is 26.4 Å². The minimum absolute atomic E-state index is 0.105. The van der Waals surface area contributed by atoms with Crippen LogP contribution >= 0.6 is 15.6 Å². The van der Waals surface area contributed by atoms with Crippen molar-refractivity contribution in [2.24, 2.45) is 17.8 Å². The highest BCUT2D eigenvalue weighted by Crippen LogP contribution is 2.45. The quantitative estimate of drug-likeness (QED) is 0.0222. The maximum atomic E-state index is 13.1. The molecule has 0 fully saturated rings. The van der Waals surface area contributed by atoms with Gasteiger partial charge in [0.25, 0.3) is 0 Å². The second-order valence-electron chi connectivity index (χ2n) is 28.6. The molecule has 0 saturated heterocycles. The topological polar surface area (TPSA) is 237 Å². The van der Waals surface area contributed by atoms with Crippen molar-refractivity contribution in [3.05, 3.63) is 0 Å². The molecule has 0 aromatic rings. The summed E-state index contributed by atoms with van der Waals surface area (Å²) in [5.41, 5.74) is 0. The van der Waals surface area contributed by atoms with Crippen molar-refractivity contribution >= 4 is 39.5 Å². The summed E-state index contributed by atoms with van der Waals surface area (Å²) >= 11 is 0. The smallest absolute Gasteiger partial charge is 0.462 e. The molecule has 564 valence electrons. The number of hydrogen-bond acceptors (Lipinski definition) is 15. The molecule has 0 bridgehead atoms. The van der Waals surface area contributed by atoms with Crippen LogP contribution in [0.5, 0.6) is 0 Å². The largest absolute Gasteiger partial charge is 0.472 e. The first-order chi connectivity index (χ1) is 45.8. The second-order valence-corrected chi connectivity index (χ2v) is 31.5. The molecule has 0 aliphatic heterocycles. The molecule has 0 spiro atoms. The first kappa shape index (κ1) is 93.1. The number of esters is 4. The monoisotopic (exact) mass is 1400 g/mol. The fourth-order valence-corrected chi connectivity index (χ4v) is 13.1. The Balaban J connectivity index is 5.25. The van der Waals surface area contributed by atoms with E-state index in [1.54, 1.807) is 0 Å². The van der Waals surface area contributed by atoms with Gasteiger partial charge in [-0.3, -0.25) is 37.3 Å². The van der Waals surface area contributed by atoms with Gasteiger partial charge >= 0.3 is 39.5 Å². The van der Waals surface area contributed by atoms with Crippen LogP contribution < -0.4 is 0 Å². The van der Waals surface area contributed by atoms with Gasteiger partial charge in [-0.05, 0) is 43.4 Å². The molecule has 0 heterocycles. The van der Waals surface area contributed by atoms with E-state index in [4.69, 9.17) is 37.0 Å². The first-order valence-electron chi connectivity index (χ1n) is 39.4. The van der Waals surface area contributed by atoms with Crippen LogP contribution in [0.15, 0.2) is 0 Å². The van der Waals surface area contributed by atoms with Gasteiger partial charge in [-0.15, -0.1) is 0 Å². The van der Waals surface area contributed by atoms with Crippen molar-refractivity contribution in [1.82, 2.24) is 0 Å². The summed E-state index contributed by atoms with van der Waals surface area (Å²) < 4.78 is 68.5. The Hall–Kier alpha value is -1.94. The third-order valence-electron chi connectivity index (χ3n) is 18.0. The molecule has 3 unspecified atom stereocenters.